The van der Waals surface area contributed by atoms with Gasteiger partial charge in [0.05, 0.1) is 20.8 Å². The Labute approximate surface area is 193 Å². The Kier molecular flexibility index (Phi) is 5.52. The van der Waals surface area contributed by atoms with Gasteiger partial charge in [-0.2, -0.15) is 14.1 Å². The Morgan fingerprint density at radius 3 is 2.52 bits per heavy atom. The van der Waals surface area contributed by atoms with Crippen LogP contribution in [0.2, 0.25) is 0 Å². The Bertz CT molecular complexity index is 1510. The zero-order valence-electron chi connectivity index (χ0n) is 17.3. The van der Waals surface area contributed by atoms with E-state index >= 15 is 0 Å². The molecule has 0 atom stereocenters. The molecule has 1 saturated heterocycles. The normalized spacial score (nSPS) is 14.5. The number of carbonyl (C=O) groups excluding carboxylic acids is 1. The summed E-state index contributed by atoms with van der Waals surface area (Å²) in [7, 11) is -3.54. The number of aromatic nitrogens is 3. The van der Waals surface area contributed by atoms with Gasteiger partial charge in [-0.3, -0.25) is 14.9 Å². The Hall–Kier alpha value is -3.41. The van der Waals surface area contributed by atoms with Gasteiger partial charge in [0.25, 0.3) is 11.5 Å². The number of anilines is 1. The Morgan fingerprint density at radius 1 is 1.00 bits per heavy atom. The average Bonchev–Trinajstić information content (AvgIpc) is 3.49. The number of nitrogens with one attached hydrogen (secondary N) is 1. The fraction of sp³-hybridized carbons (Fsp3) is 0.182. The second-order valence-corrected chi connectivity index (χ2v) is 10.5. The Morgan fingerprint density at radius 2 is 1.76 bits per heavy atom. The molecule has 0 bridgehead atoms. The van der Waals surface area contributed by atoms with Gasteiger partial charge in [-0.25, -0.2) is 13.4 Å². The van der Waals surface area contributed by atoms with Crippen LogP contribution in [0.5, 0.6) is 0 Å². The maximum atomic E-state index is 12.8. The topological polar surface area (TPSA) is 114 Å². The van der Waals surface area contributed by atoms with E-state index in [1.165, 1.54) is 27.8 Å². The fourth-order valence-corrected chi connectivity index (χ4v) is 6.16. The number of thiazole rings is 1. The van der Waals surface area contributed by atoms with Crippen LogP contribution in [-0.4, -0.2) is 46.5 Å². The highest BCUT2D eigenvalue weighted by atomic mass is 32.2. The number of hydrogen-bond acceptors (Lipinski definition) is 7. The molecular formula is C22H19N5O4S2. The second-order valence-electron chi connectivity index (χ2n) is 7.52. The molecule has 1 amide bonds. The summed E-state index contributed by atoms with van der Waals surface area (Å²) in [6.07, 6.45) is 1.73. The summed E-state index contributed by atoms with van der Waals surface area (Å²) in [5, 5.41) is 7.17. The molecule has 0 aliphatic carbocycles. The third-order valence-electron chi connectivity index (χ3n) is 5.32. The lowest BCUT2D eigenvalue weighted by Gasteiger charge is -2.15. The fourth-order valence-electron chi connectivity index (χ4n) is 3.64. The molecular weight excluding hydrogens is 462 g/mol. The molecule has 0 spiro atoms. The van der Waals surface area contributed by atoms with Crippen LogP contribution in [0.25, 0.3) is 15.9 Å². The summed E-state index contributed by atoms with van der Waals surface area (Å²) >= 11 is 1.17. The van der Waals surface area contributed by atoms with Crippen LogP contribution in [-0.2, 0) is 10.0 Å². The van der Waals surface area contributed by atoms with Crippen molar-refractivity contribution in [2.45, 2.75) is 17.7 Å². The minimum absolute atomic E-state index is 0.0509. The standard InChI is InChI=1S/C22H19N5O4S2/c28-20-11-10-18(25-27(20)15-6-2-1-3-7-15)21(29)24-22-23-17-9-8-16(14-19(17)32-22)33(30,31)26-12-4-5-13-26/h1-3,6-11,14H,4-5,12-13H2,(H,23,24,29). The van der Waals surface area contributed by atoms with Crippen LogP contribution in [0.4, 0.5) is 5.13 Å². The van der Waals surface area contributed by atoms with Gasteiger partial charge in [-0.05, 0) is 49.2 Å². The number of carbonyl (C=O) groups is 1. The first-order valence-electron chi connectivity index (χ1n) is 10.3. The molecule has 168 valence electrons. The van der Waals surface area contributed by atoms with Crippen molar-refractivity contribution in [1.82, 2.24) is 19.1 Å². The molecule has 9 nitrogen and oxygen atoms in total. The van der Waals surface area contributed by atoms with E-state index in [9.17, 15) is 18.0 Å². The minimum atomic E-state index is -3.54. The summed E-state index contributed by atoms with van der Waals surface area (Å²) in [5.74, 6) is -0.524. The summed E-state index contributed by atoms with van der Waals surface area (Å²) < 4.78 is 28.9. The highest BCUT2D eigenvalue weighted by molar-refractivity contribution is 7.89. The molecule has 0 unspecified atom stereocenters. The van der Waals surface area contributed by atoms with Crippen molar-refractivity contribution in [3.8, 4) is 5.69 Å². The van der Waals surface area contributed by atoms with E-state index in [-0.39, 0.29) is 16.1 Å². The van der Waals surface area contributed by atoms with Gasteiger partial charge in [0.15, 0.2) is 5.13 Å². The predicted molar refractivity (Wildman–Crippen MR) is 125 cm³/mol. The number of rotatable bonds is 5. The van der Waals surface area contributed by atoms with Crippen LogP contribution in [0, 0.1) is 0 Å². The highest BCUT2D eigenvalue weighted by Gasteiger charge is 2.27. The zero-order chi connectivity index (χ0) is 23.0. The van der Waals surface area contributed by atoms with Crippen molar-refractivity contribution < 1.29 is 13.2 Å². The maximum absolute atomic E-state index is 12.8. The van der Waals surface area contributed by atoms with Crippen LogP contribution >= 0.6 is 11.3 Å². The van der Waals surface area contributed by atoms with E-state index in [2.05, 4.69) is 15.4 Å². The van der Waals surface area contributed by atoms with E-state index in [1.807, 2.05) is 6.07 Å². The lowest BCUT2D eigenvalue weighted by molar-refractivity contribution is 0.102. The SMILES string of the molecule is O=C(Nc1nc2ccc(S(=O)(=O)N3CCCC3)cc2s1)c1ccc(=O)n(-c2ccccc2)n1. The van der Waals surface area contributed by atoms with Gasteiger partial charge >= 0.3 is 0 Å². The molecule has 2 aromatic heterocycles. The smallest absolute Gasteiger partial charge is 0.277 e. The van der Waals surface area contributed by atoms with E-state index in [4.69, 9.17) is 0 Å². The summed E-state index contributed by atoms with van der Waals surface area (Å²) in [6, 6.07) is 16.2. The van der Waals surface area contributed by atoms with Crippen molar-refractivity contribution >= 4 is 42.6 Å². The maximum Gasteiger partial charge on any atom is 0.277 e. The third-order valence-corrected chi connectivity index (χ3v) is 8.15. The summed E-state index contributed by atoms with van der Waals surface area (Å²) in [6.45, 7) is 1.06. The molecule has 5 rings (SSSR count). The van der Waals surface area contributed by atoms with Crippen molar-refractivity contribution in [2.75, 3.05) is 18.4 Å². The molecule has 0 radical (unpaired) electrons. The van der Waals surface area contributed by atoms with Crippen molar-refractivity contribution in [1.29, 1.82) is 0 Å². The van der Waals surface area contributed by atoms with E-state index in [1.54, 1.807) is 42.5 Å². The summed E-state index contributed by atoms with van der Waals surface area (Å²) in [4.78, 5) is 29.5. The average molecular weight is 482 g/mol. The largest absolute Gasteiger partial charge is 0.296 e. The van der Waals surface area contributed by atoms with Crippen LogP contribution in [0.15, 0.2) is 70.4 Å². The molecule has 4 aromatic rings. The van der Waals surface area contributed by atoms with Gasteiger partial charge < -0.3 is 0 Å². The zero-order valence-corrected chi connectivity index (χ0v) is 19.0. The number of hydrogen-bond donors (Lipinski definition) is 1. The van der Waals surface area contributed by atoms with Gasteiger partial charge in [-0.1, -0.05) is 29.5 Å². The molecule has 1 N–H and O–H groups in total. The summed E-state index contributed by atoms with van der Waals surface area (Å²) in [5.41, 5.74) is 0.821. The minimum Gasteiger partial charge on any atom is -0.296 e. The first-order chi connectivity index (χ1) is 15.9. The number of para-hydroxylation sites is 1. The molecule has 3 heterocycles. The molecule has 11 heteroatoms. The molecule has 1 fully saturated rings. The molecule has 0 saturated carbocycles. The lowest BCUT2D eigenvalue weighted by Crippen LogP contribution is -2.27. The lowest BCUT2D eigenvalue weighted by atomic mass is 10.3. The number of fused-ring (bicyclic) bond motifs is 1. The first kappa shape index (κ1) is 21.4. The van der Waals surface area contributed by atoms with Crippen molar-refractivity contribution in [3.05, 3.63) is 76.7 Å². The van der Waals surface area contributed by atoms with Crippen LogP contribution in [0.1, 0.15) is 23.3 Å². The van der Waals surface area contributed by atoms with Crippen LogP contribution in [0.3, 0.4) is 0 Å². The van der Waals surface area contributed by atoms with Gasteiger partial charge in [-0.15, -0.1) is 0 Å². The van der Waals surface area contributed by atoms with E-state index in [0.29, 0.717) is 34.1 Å². The molecule has 2 aromatic carbocycles. The van der Waals surface area contributed by atoms with Gasteiger partial charge in [0.2, 0.25) is 10.0 Å². The Balaban J connectivity index is 1.40. The van der Waals surface area contributed by atoms with Gasteiger partial charge in [0.1, 0.15) is 5.69 Å². The number of sulfonamides is 1. The van der Waals surface area contributed by atoms with Crippen LogP contribution < -0.4 is 10.9 Å². The number of nitrogens with zero attached hydrogens (tertiary/aromatic N) is 4. The third kappa shape index (κ3) is 4.17. The van der Waals surface area contributed by atoms with Crippen molar-refractivity contribution in [2.24, 2.45) is 0 Å². The number of benzene rings is 2. The predicted octanol–water partition coefficient (Wildman–Crippen LogP) is 2.88. The molecule has 1 aliphatic rings. The van der Waals surface area contributed by atoms with E-state index < -0.39 is 15.9 Å². The molecule has 1 aliphatic heterocycles. The molecule has 33 heavy (non-hydrogen) atoms. The quantitative estimate of drug-likeness (QED) is 0.469. The number of amides is 1. The van der Waals surface area contributed by atoms with Crippen molar-refractivity contribution in [3.63, 3.8) is 0 Å². The first-order valence-corrected chi connectivity index (χ1v) is 12.6. The monoisotopic (exact) mass is 481 g/mol. The van der Waals surface area contributed by atoms with E-state index in [0.717, 1.165) is 17.5 Å². The second kappa shape index (κ2) is 8.50. The van der Waals surface area contributed by atoms with Gasteiger partial charge in [0, 0.05) is 19.2 Å². The highest BCUT2D eigenvalue weighted by Crippen LogP contribution is 2.30.